The highest BCUT2D eigenvalue weighted by Gasteiger charge is 2.45. The number of amides is 2. The fraction of sp³-hybridized carbons (Fsp3) is 0.650. The van der Waals surface area contributed by atoms with Gasteiger partial charge in [0.15, 0.2) is 0 Å². The molecule has 1 unspecified atom stereocenters. The van der Waals surface area contributed by atoms with Crippen LogP contribution in [0.15, 0.2) is 12.1 Å². The number of hydrogen-bond acceptors (Lipinski definition) is 4. The molecule has 0 saturated carbocycles. The maximum atomic E-state index is 12.5. The largest absolute Gasteiger partial charge is 0.508 e. The van der Waals surface area contributed by atoms with Crippen LogP contribution in [0, 0.1) is 0 Å². The number of likely N-dealkylation sites (N-methyl/N-ethyl adjacent to an activating group) is 1. The number of carbonyl (C=O) groups excluding carboxylic acids is 1. The van der Waals surface area contributed by atoms with E-state index in [9.17, 15) is 9.90 Å². The van der Waals surface area contributed by atoms with Crippen molar-refractivity contribution in [2.24, 2.45) is 0 Å². The first-order valence-corrected chi connectivity index (χ1v) is 9.88. The van der Waals surface area contributed by atoms with Crippen molar-refractivity contribution in [3.63, 3.8) is 0 Å². The van der Waals surface area contributed by atoms with E-state index in [2.05, 4.69) is 22.6 Å². The summed E-state index contributed by atoms with van der Waals surface area (Å²) < 4.78 is 0. The Hall–Kier alpha value is -1.95. The molecule has 142 valence electrons. The van der Waals surface area contributed by atoms with Crippen LogP contribution in [0.2, 0.25) is 0 Å². The summed E-state index contributed by atoms with van der Waals surface area (Å²) >= 11 is 0. The normalized spacial score (nSPS) is 29.5. The Labute approximate surface area is 155 Å². The molecule has 4 rings (SSSR count). The fourth-order valence-electron chi connectivity index (χ4n) is 5.30. The molecule has 0 spiro atoms. The number of carbonyl (C=O) groups is 1. The second-order valence-corrected chi connectivity index (χ2v) is 7.94. The molecule has 1 saturated heterocycles. The van der Waals surface area contributed by atoms with Crippen LogP contribution < -0.4 is 10.6 Å². The Bertz CT molecular complexity index is 703. The van der Waals surface area contributed by atoms with Crippen LogP contribution >= 0.6 is 0 Å². The zero-order valence-electron chi connectivity index (χ0n) is 16.0. The number of rotatable bonds is 3. The van der Waals surface area contributed by atoms with Gasteiger partial charge >= 0.3 is 6.03 Å². The summed E-state index contributed by atoms with van der Waals surface area (Å²) in [4.78, 5) is 16.7. The second-order valence-electron chi connectivity index (χ2n) is 7.94. The van der Waals surface area contributed by atoms with Gasteiger partial charge in [0, 0.05) is 61.3 Å². The maximum Gasteiger partial charge on any atom is 0.317 e. The molecule has 6 heteroatoms. The summed E-state index contributed by atoms with van der Waals surface area (Å²) in [6, 6.07) is 4.38. The van der Waals surface area contributed by atoms with E-state index in [1.54, 1.807) is 0 Å². The molecule has 2 aliphatic heterocycles. The van der Waals surface area contributed by atoms with Gasteiger partial charge in [0.1, 0.15) is 5.75 Å². The van der Waals surface area contributed by atoms with Crippen LogP contribution in [0.3, 0.4) is 0 Å². The van der Waals surface area contributed by atoms with E-state index in [-0.39, 0.29) is 18.0 Å². The fourth-order valence-corrected chi connectivity index (χ4v) is 5.30. The zero-order valence-corrected chi connectivity index (χ0v) is 16.0. The molecule has 1 fully saturated rings. The highest BCUT2D eigenvalue weighted by molar-refractivity contribution is 5.74. The van der Waals surface area contributed by atoms with E-state index in [4.69, 9.17) is 0 Å². The number of anilines is 1. The van der Waals surface area contributed by atoms with Crippen molar-refractivity contribution in [1.29, 1.82) is 0 Å². The van der Waals surface area contributed by atoms with Gasteiger partial charge in [-0.05, 0) is 51.4 Å². The van der Waals surface area contributed by atoms with E-state index in [1.165, 1.54) is 11.3 Å². The predicted octanol–water partition coefficient (Wildman–Crippen LogP) is 2.51. The van der Waals surface area contributed by atoms with E-state index in [0.717, 1.165) is 44.6 Å². The number of nitrogens with one attached hydrogen (secondary N) is 2. The molecular weight excluding hydrogens is 328 g/mol. The van der Waals surface area contributed by atoms with Gasteiger partial charge in [0.2, 0.25) is 0 Å². The number of aromatic hydroxyl groups is 1. The van der Waals surface area contributed by atoms with E-state index >= 15 is 0 Å². The summed E-state index contributed by atoms with van der Waals surface area (Å²) in [7, 11) is 2.15. The Kier molecular flexibility index (Phi) is 4.47. The monoisotopic (exact) mass is 358 g/mol. The van der Waals surface area contributed by atoms with Gasteiger partial charge in [-0.25, -0.2) is 4.79 Å². The number of fused-ring (bicyclic) bond motifs is 2. The van der Waals surface area contributed by atoms with Crippen molar-refractivity contribution in [3.05, 3.63) is 23.3 Å². The summed E-state index contributed by atoms with van der Waals surface area (Å²) in [6.45, 7) is 7.28. The van der Waals surface area contributed by atoms with Gasteiger partial charge in [-0.15, -0.1) is 0 Å². The molecule has 1 aromatic carbocycles. The maximum absolute atomic E-state index is 12.5. The van der Waals surface area contributed by atoms with Gasteiger partial charge in [-0.1, -0.05) is 0 Å². The SMILES string of the molecule is CCN(CC)C(=O)N[C@H]1C[C@@H]2c3c(O)ccc4c3C(CN4)C[C@H]2N(C)C1. The molecule has 1 aliphatic carbocycles. The number of phenolic OH excluding ortho intramolecular Hbond substituents is 1. The van der Waals surface area contributed by atoms with Gasteiger partial charge in [-0.2, -0.15) is 0 Å². The first kappa shape index (κ1) is 17.5. The molecular formula is C20H30N4O2. The first-order chi connectivity index (χ1) is 12.5. The van der Waals surface area contributed by atoms with E-state index in [0.29, 0.717) is 17.7 Å². The average Bonchev–Trinajstić information content (AvgIpc) is 3.02. The molecule has 1 aromatic rings. The first-order valence-electron chi connectivity index (χ1n) is 9.88. The summed E-state index contributed by atoms with van der Waals surface area (Å²) in [5, 5.41) is 17.4. The highest BCUT2D eigenvalue weighted by atomic mass is 16.3. The third kappa shape index (κ3) is 2.71. The topological polar surface area (TPSA) is 67.8 Å². The lowest BCUT2D eigenvalue weighted by Gasteiger charge is -2.47. The lowest BCUT2D eigenvalue weighted by Crippen LogP contribution is -2.56. The number of hydrogen-bond donors (Lipinski definition) is 3. The van der Waals surface area contributed by atoms with E-state index < -0.39 is 0 Å². The number of phenols is 1. The van der Waals surface area contributed by atoms with Crippen LogP contribution in [0.25, 0.3) is 0 Å². The Morgan fingerprint density at radius 1 is 1.31 bits per heavy atom. The van der Waals surface area contributed by atoms with Crippen molar-refractivity contribution in [2.75, 3.05) is 38.5 Å². The smallest absolute Gasteiger partial charge is 0.317 e. The van der Waals surface area contributed by atoms with Gasteiger partial charge in [-0.3, -0.25) is 0 Å². The van der Waals surface area contributed by atoms with Gasteiger partial charge < -0.3 is 25.5 Å². The lowest BCUT2D eigenvalue weighted by molar-refractivity contribution is 0.107. The van der Waals surface area contributed by atoms with Crippen molar-refractivity contribution in [3.8, 4) is 5.75 Å². The molecule has 3 N–H and O–H groups in total. The van der Waals surface area contributed by atoms with E-state index in [1.807, 2.05) is 30.9 Å². The molecule has 6 nitrogen and oxygen atoms in total. The summed E-state index contributed by atoms with van der Waals surface area (Å²) in [6.07, 6.45) is 2.01. The minimum Gasteiger partial charge on any atom is -0.508 e. The van der Waals surface area contributed by atoms with Gasteiger partial charge in [0.05, 0.1) is 0 Å². The quantitative estimate of drug-likeness (QED) is 0.727. The molecule has 2 amide bonds. The summed E-state index contributed by atoms with van der Waals surface area (Å²) in [5.41, 5.74) is 3.61. The molecule has 0 radical (unpaired) electrons. The summed E-state index contributed by atoms with van der Waals surface area (Å²) in [5.74, 6) is 1.16. The number of benzene rings is 1. The highest BCUT2D eigenvalue weighted by Crippen LogP contribution is 2.52. The third-order valence-electron chi connectivity index (χ3n) is 6.56. The van der Waals surface area contributed by atoms with Crippen LogP contribution in [-0.2, 0) is 0 Å². The standard InChI is InChI=1S/C20H30N4O2/c1-4-24(5-2)20(26)22-13-9-14-16(23(3)11-13)8-12-10-21-15-6-7-17(25)19(14)18(12)15/h6-7,12-14,16,21,25H,4-5,8-11H2,1-3H3,(H,22,26)/t12?,13-,14-,16+/m0/s1. The van der Waals surface area contributed by atoms with Crippen molar-refractivity contribution in [2.45, 2.75) is 50.6 Å². The predicted molar refractivity (Wildman–Crippen MR) is 103 cm³/mol. The minimum absolute atomic E-state index is 0.0183. The Morgan fingerprint density at radius 2 is 2.08 bits per heavy atom. The van der Waals surface area contributed by atoms with Gasteiger partial charge in [0.25, 0.3) is 0 Å². The molecule has 2 heterocycles. The molecule has 26 heavy (non-hydrogen) atoms. The van der Waals surface area contributed by atoms with Crippen LogP contribution in [-0.4, -0.2) is 66.2 Å². The minimum atomic E-state index is 0.0183. The lowest BCUT2D eigenvalue weighted by atomic mass is 9.69. The average molecular weight is 358 g/mol. The second kappa shape index (κ2) is 6.65. The number of nitrogens with zero attached hydrogens (tertiary/aromatic N) is 2. The van der Waals surface area contributed by atoms with Crippen LogP contribution in [0.5, 0.6) is 5.75 Å². The molecule has 3 aliphatic rings. The Morgan fingerprint density at radius 3 is 2.81 bits per heavy atom. The zero-order chi connectivity index (χ0) is 18.4. The molecule has 0 aromatic heterocycles. The number of piperidine rings is 1. The molecule has 0 bridgehead atoms. The number of urea groups is 1. The van der Waals surface area contributed by atoms with Crippen molar-refractivity contribution < 1.29 is 9.90 Å². The van der Waals surface area contributed by atoms with Crippen LogP contribution in [0.4, 0.5) is 10.5 Å². The third-order valence-corrected chi connectivity index (χ3v) is 6.56. The van der Waals surface area contributed by atoms with Crippen LogP contribution in [0.1, 0.15) is 49.7 Å². The van der Waals surface area contributed by atoms with Crippen molar-refractivity contribution >= 4 is 11.7 Å². The Balaban J connectivity index is 1.60. The number of likely N-dealkylation sites (tertiary alicyclic amines) is 1. The van der Waals surface area contributed by atoms with Crippen molar-refractivity contribution in [1.82, 2.24) is 15.1 Å². The molecule has 4 atom stereocenters.